The lowest BCUT2D eigenvalue weighted by Crippen LogP contribution is -2.10. The van der Waals surface area contributed by atoms with Crippen LogP contribution in [0.2, 0.25) is 0 Å². The molecule has 5 rings (SSSR count). The molecule has 152 valence electrons. The zero-order valence-electron chi connectivity index (χ0n) is 17.0. The van der Waals surface area contributed by atoms with Crippen molar-refractivity contribution in [2.75, 3.05) is 5.32 Å². The van der Waals surface area contributed by atoms with E-state index in [4.69, 9.17) is 5.73 Å². The van der Waals surface area contributed by atoms with Crippen LogP contribution in [-0.2, 0) is 6.54 Å². The van der Waals surface area contributed by atoms with Crippen LogP contribution in [0.3, 0.4) is 0 Å². The molecule has 0 fully saturated rings. The van der Waals surface area contributed by atoms with Crippen LogP contribution in [0.25, 0.3) is 21.1 Å². The number of nitrogens with zero attached hydrogens (tertiary/aromatic N) is 3. The number of hydrogen-bond acceptors (Lipinski definition) is 5. The van der Waals surface area contributed by atoms with Gasteiger partial charge in [0.15, 0.2) is 5.82 Å². The molecular weight excluding hydrogens is 402 g/mol. The van der Waals surface area contributed by atoms with E-state index in [1.54, 1.807) is 17.7 Å². The third-order valence-electron chi connectivity index (χ3n) is 4.96. The van der Waals surface area contributed by atoms with Gasteiger partial charge in [0.05, 0.1) is 21.1 Å². The quantitative estimate of drug-likeness (QED) is 0.393. The Bertz CT molecular complexity index is 1420. The zero-order valence-corrected chi connectivity index (χ0v) is 17.9. The molecule has 3 aromatic heterocycles. The second kappa shape index (κ2) is 8.23. The van der Waals surface area contributed by atoms with Gasteiger partial charge in [0.25, 0.3) is 0 Å². The minimum Gasteiger partial charge on any atom is -0.343 e. The molecule has 0 aliphatic heterocycles. The van der Waals surface area contributed by atoms with Gasteiger partial charge in [0.1, 0.15) is 6.33 Å². The maximum Gasteiger partial charge on any atom is 0.151 e. The van der Waals surface area contributed by atoms with Gasteiger partial charge in [-0.1, -0.05) is 42.2 Å². The average molecular weight is 424 g/mol. The van der Waals surface area contributed by atoms with E-state index in [-0.39, 0.29) is 6.04 Å². The van der Waals surface area contributed by atoms with Crippen LogP contribution in [0.4, 0.5) is 11.5 Å². The number of fused-ring (bicyclic) bond motifs is 2. The first kappa shape index (κ1) is 19.3. The molecule has 6 heteroatoms. The molecule has 31 heavy (non-hydrogen) atoms. The molecule has 0 saturated carbocycles. The second-order valence-corrected chi connectivity index (χ2v) is 8.49. The number of rotatable bonds is 4. The predicted octanol–water partition coefficient (Wildman–Crippen LogP) is 5.14. The van der Waals surface area contributed by atoms with Crippen LogP contribution in [-0.4, -0.2) is 20.6 Å². The second-order valence-electron chi connectivity index (χ2n) is 7.43. The van der Waals surface area contributed by atoms with Crippen molar-refractivity contribution in [3.05, 3.63) is 83.6 Å². The molecule has 0 bridgehead atoms. The summed E-state index contributed by atoms with van der Waals surface area (Å²) in [5, 5.41) is 4.63. The van der Waals surface area contributed by atoms with Gasteiger partial charge in [-0.05, 0) is 42.8 Å². The number of nitrogens with two attached hydrogens (primary N) is 1. The molecule has 0 radical (unpaired) electrons. The van der Waals surface area contributed by atoms with Gasteiger partial charge < -0.3 is 15.6 Å². The first-order valence-electron chi connectivity index (χ1n) is 10.1. The topological polar surface area (TPSA) is 68.8 Å². The maximum absolute atomic E-state index is 5.75. The highest BCUT2D eigenvalue weighted by Gasteiger charge is 2.10. The summed E-state index contributed by atoms with van der Waals surface area (Å²) < 4.78 is 3.25. The van der Waals surface area contributed by atoms with E-state index < -0.39 is 0 Å². The smallest absolute Gasteiger partial charge is 0.151 e. The standard InChI is InChI=1S/C25H21N5S/c1-17(26)7-9-21-14-22-24(31-21)25(28-16-27-22)29-20-8-10-23-19(13-20)11-12-30(23)15-18-5-3-2-4-6-18/h2-6,8,10-14,16-17H,15,26H2,1H3,(H,27,28,29)/t17-/m1/s1. The molecule has 0 aliphatic carbocycles. The summed E-state index contributed by atoms with van der Waals surface area (Å²) in [5.74, 6) is 6.90. The van der Waals surface area contributed by atoms with Crippen molar-refractivity contribution in [3.8, 4) is 11.8 Å². The Hall–Kier alpha value is -3.66. The Morgan fingerprint density at radius 1 is 1.10 bits per heavy atom. The van der Waals surface area contributed by atoms with E-state index >= 15 is 0 Å². The van der Waals surface area contributed by atoms with Gasteiger partial charge in [-0.25, -0.2) is 9.97 Å². The minimum absolute atomic E-state index is 0.158. The van der Waals surface area contributed by atoms with Crippen LogP contribution in [0, 0.1) is 11.8 Å². The summed E-state index contributed by atoms with van der Waals surface area (Å²) >= 11 is 1.57. The lowest BCUT2D eigenvalue weighted by atomic mass is 10.2. The fourth-order valence-electron chi connectivity index (χ4n) is 3.52. The van der Waals surface area contributed by atoms with E-state index in [2.05, 4.69) is 86.4 Å². The van der Waals surface area contributed by atoms with Crippen LogP contribution in [0.1, 0.15) is 17.4 Å². The molecule has 1 atom stereocenters. The maximum atomic E-state index is 5.75. The molecule has 3 heterocycles. The van der Waals surface area contributed by atoms with Crippen molar-refractivity contribution >= 4 is 44.0 Å². The van der Waals surface area contributed by atoms with E-state index in [9.17, 15) is 0 Å². The van der Waals surface area contributed by atoms with E-state index in [0.29, 0.717) is 0 Å². The summed E-state index contributed by atoms with van der Waals surface area (Å²) in [7, 11) is 0. The molecule has 5 aromatic rings. The molecule has 0 spiro atoms. The lowest BCUT2D eigenvalue weighted by Gasteiger charge is -2.08. The molecule has 2 aromatic carbocycles. The summed E-state index contributed by atoms with van der Waals surface area (Å²) in [6.07, 6.45) is 3.71. The molecule has 0 aliphatic rings. The van der Waals surface area contributed by atoms with Crippen LogP contribution in [0.15, 0.2) is 73.2 Å². The normalized spacial score (nSPS) is 11.9. The number of anilines is 2. The number of hydrogen-bond donors (Lipinski definition) is 2. The van der Waals surface area contributed by atoms with Crippen molar-refractivity contribution in [1.82, 2.24) is 14.5 Å². The third kappa shape index (κ3) is 4.15. The van der Waals surface area contributed by atoms with Gasteiger partial charge in [-0.15, -0.1) is 11.3 Å². The van der Waals surface area contributed by atoms with Crippen molar-refractivity contribution < 1.29 is 0 Å². The first-order valence-corrected chi connectivity index (χ1v) is 10.9. The Balaban J connectivity index is 1.43. The van der Waals surface area contributed by atoms with Crippen molar-refractivity contribution in [2.45, 2.75) is 19.5 Å². The Kier molecular flexibility index (Phi) is 5.13. The van der Waals surface area contributed by atoms with Gasteiger partial charge in [0.2, 0.25) is 0 Å². The Labute approximate surface area is 184 Å². The highest BCUT2D eigenvalue weighted by molar-refractivity contribution is 7.20. The monoisotopic (exact) mass is 423 g/mol. The van der Waals surface area contributed by atoms with Crippen molar-refractivity contribution in [1.29, 1.82) is 0 Å². The SMILES string of the molecule is C[C@@H](N)C#Cc1cc2ncnc(Nc3ccc4c(ccn4Cc4ccccc4)c3)c2s1. The zero-order chi connectivity index (χ0) is 21.2. The molecule has 0 saturated heterocycles. The fraction of sp³-hybridized carbons (Fsp3) is 0.120. The van der Waals surface area contributed by atoms with Crippen LogP contribution < -0.4 is 11.1 Å². The number of nitrogens with one attached hydrogen (secondary N) is 1. The third-order valence-corrected chi connectivity index (χ3v) is 6.01. The van der Waals surface area contributed by atoms with E-state index in [0.717, 1.165) is 33.1 Å². The van der Waals surface area contributed by atoms with Crippen molar-refractivity contribution in [3.63, 3.8) is 0 Å². The summed E-state index contributed by atoms with van der Waals surface area (Å²) in [6.45, 7) is 2.72. The number of aromatic nitrogens is 3. The Morgan fingerprint density at radius 2 is 1.97 bits per heavy atom. The molecule has 5 nitrogen and oxygen atoms in total. The van der Waals surface area contributed by atoms with Crippen molar-refractivity contribution in [2.24, 2.45) is 5.73 Å². The minimum atomic E-state index is -0.158. The molecule has 0 unspecified atom stereocenters. The predicted molar refractivity (Wildman–Crippen MR) is 129 cm³/mol. The summed E-state index contributed by atoms with van der Waals surface area (Å²) in [6, 6.07) is 20.8. The van der Waals surface area contributed by atoms with E-state index in [1.807, 2.05) is 19.1 Å². The van der Waals surface area contributed by atoms with Crippen LogP contribution >= 0.6 is 11.3 Å². The Morgan fingerprint density at radius 3 is 2.81 bits per heavy atom. The van der Waals surface area contributed by atoms with Gasteiger partial charge in [-0.2, -0.15) is 0 Å². The largest absolute Gasteiger partial charge is 0.343 e. The summed E-state index contributed by atoms with van der Waals surface area (Å²) in [4.78, 5) is 9.78. The average Bonchev–Trinajstić information content (AvgIpc) is 3.37. The number of benzene rings is 2. The highest BCUT2D eigenvalue weighted by Crippen LogP contribution is 2.31. The number of thiophene rings is 1. The molecule has 3 N–H and O–H groups in total. The fourth-order valence-corrected chi connectivity index (χ4v) is 4.44. The molecule has 0 amide bonds. The first-order chi connectivity index (χ1) is 15.2. The van der Waals surface area contributed by atoms with Gasteiger partial charge >= 0.3 is 0 Å². The summed E-state index contributed by atoms with van der Waals surface area (Å²) in [5.41, 5.74) is 10.1. The highest BCUT2D eigenvalue weighted by atomic mass is 32.1. The van der Waals surface area contributed by atoms with Crippen LogP contribution in [0.5, 0.6) is 0 Å². The molecular formula is C25H21N5S. The lowest BCUT2D eigenvalue weighted by molar-refractivity contribution is 0.837. The van der Waals surface area contributed by atoms with E-state index in [1.165, 1.54) is 16.5 Å². The van der Waals surface area contributed by atoms with Gasteiger partial charge in [-0.3, -0.25) is 0 Å². The van der Waals surface area contributed by atoms with Gasteiger partial charge in [0, 0.05) is 29.3 Å².